The summed E-state index contributed by atoms with van der Waals surface area (Å²) in [5, 5.41) is 33.0. The molecule has 164 valence electrons. The summed E-state index contributed by atoms with van der Waals surface area (Å²) in [5.41, 5.74) is -0.466. The van der Waals surface area contributed by atoms with Gasteiger partial charge in [-0.3, -0.25) is 9.11 Å². The number of nitrogens with zero attached hydrogens (tertiary/aromatic N) is 2. The summed E-state index contributed by atoms with van der Waals surface area (Å²) < 4.78 is 65.0. The van der Waals surface area contributed by atoms with Crippen molar-refractivity contribution < 1.29 is 95.3 Å². The smallest absolute Gasteiger partial charge is 0.871 e. The van der Waals surface area contributed by atoms with Gasteiger partial charge in [-0.2, -0.15) is 27.1 Å². The molecule has 0 saturated carbocycles. The summed E-state index contributed by atoms with van der Waals surface area (Å²) in [7, 11) is -9.24. The normalized spacial score (nSPS) is 11.9. The fourth-order valence-corrected chi connectivity index (χ4v) is 4.73. The van der Waals surface area contributed by atoms with Gasteiger partial charge in [-0.15, -0.1) is 0 Å². The van der Waals surface area contributed by atoms with E-state index in [9.17, 15) is 36.2 Å². The van der Waals surface area contributed by atoms with Gasteiger partial charge in [-0.25, -0.2) is 0 Å². The first-order valence-electron chi connectivity index (χ1n) is 8.80. The average molecular weight is 518 g/mol. The first-order valence-corrected chi connectivity index (χ1v) is 11.7. The molecule has 2 N–H and O–H groups in total. The summed E-state index contributed by atoms with van der Waals surface area (Å²) in [6.45, 7) is 0. The number of rotatable bonds is 4. The molecule has 10 nitrogen and oxygen atoms in total. The van der Waals surface area contributed by atoms with Crippen molar-refractivity contribution >= 4 is 53.2 Å². The van der Waals surface area contributed by atoms with E-state index < -0.39 is 41.5 Å². The second kappa shape index (κ2) is 10.6. The van der Waals surface area contributed by atoms with Crippen LogP contribution in [0, 0.1) is 0 Å². The molecule has 0 atom stereocenters. The van der Waals surface area contributed by atoms with E-state index >= 15 is 0 Å². The third-order valence-electron chi connectivity index (χ3n) is 4.71. The Morgan fingerprint density at radius 2 is 1.21 bits per heavy atom. The van der Waals surface area contributed by atoms with E-state index in [1.807, 2.05) is 0 Å². The minimum Gasteiger partial charge on any atom is -0.871 e. The number of hydrogen-bond acceptors (Lipinski definition) is 8. The molecule has 0 aliphatic heterocycles. The fraction of sp³-hybridized carbons (Fsp3) is 0. The van der Waals surface area contributed by atoms with E-state index in [0.29, 0.717) is 6.07 Å². The zero-order valence-electron chi connectivity index (χ0n) is 17.8. The maximum Gasteiger partial charge on any atom is 1.00 e. The molecule has 0 spiro atoms. The topological polar surface area (TPSA) is 180 Å². The van der Waals surface area contributed by atoms with Gasteiger partial charge in [-0.1, -0.05) is 54.0 Å². The van der Waals surface area contributed by atoms with Crippen LogP contribution in [0.5, 0.6) is 11.5 Å². The molecule has 0 radical (unpaired) electrons. The fourth-order valence-electron chi connectivity index (χ4n) is 3.32. The van der Waals surface area contributed by atoms with Gasteiger partial charge in [-0.05, 0) is 23.6 Å². The second-order valence-electron chi connectivity index (χ2n) is 6.68. The molecule has 0 aromatic heterocycles. The molecule has 34 heavy (non-hydrogen) atoms. The van der Waals surface area contributed by atoms with Crippen LogP contribution in [0.2, 0.25) is 0 Å². The predicted octanol–water partition coefficient (Wildman–Crippen LogP) is -2.94. The monoisotopic (exact) mass is 518 g/mol. The Bertz CT molecular complexity index is 1660. The van der Waals surface area contributed by atoms with Gasteiger partial charge < -0.3 is 10.2 Å². The van der Waals surface area contributed by atoms with Crippen molar-refractivity contribution in [2.75, 3.05) is 0 Å². The van der Waals surface area contributed by atoms with Crippen molar-refractivity contribution in [3.05, 3.63) is 60.7 Å². The first kappa shape index (κ1) is 28.7. The number of fused-ring (bicyclic) bond motifs is 2. The van der Waals surface area contributed by atoms with Crippen LogP contribution in [-0.4, -0.2) is 25.9 Å². The molecule has 4 aromatic rings. The Morgan fingerprint density at radius 3 is 1.82 bits per heavy atom. The Labute approximate surface area is 238 Å². The summed E-state index contributed by atoms with van der Waals surface area (Å²) in [6, 6.07) is 12.8. The minimum absolute atomic E-state index is 0. The van der Waals surface area contributed by atoms with Crippen LogP contribution in [0.4, 0.5) is 11.4 Å². The van der Waals surface area contributed by atoms with Crippen molar-refractivity contribution in [1.82, 2.24) is 0 Å². The molecular formula is C20H12N2Na2O8S2. The Morgan fingerprint density at radius 1 is 0.647 bits per heavy atom. The Hall–Kier alpha value is -1.58. The minimum atomic E-state index is -4.67. The van der Waals surface area contributed by atoms with Gasteiger partial charge in [0.1, 0.15) is 9.79 Å². The van der Waals surface area contributed by atoms with Crippen molar-refractivity contribution in [3.8, 4) is 11.5 Å². The maximum atomic E-state index is 12.7. The quantitative estimate of drug-likeness (QED) is 0.164. The van der Waals surface area contributed by atoms with Crippen molar-refractivity contribution in [2.45, 2.75) is 9.79 Å². The van der Waals surface area contributed by atoms with Gasteiger partial charge in [0.15, 0.2) is 0 Å². The van der Waals surface area contributed by atoms with Crippen LogP contribution in [-0.2, 0) is 20.2 Å². The van der Waals surface area contributed by atoms with E-state index in [-0.39, 0.29) is 92.0 Å². The number of hydrogen-bond donors (Lipinski definition) is 2. The number of azo groups is 1. The first-order chi connectivity index (χ1) is 15.0. The molecular weight excluding hydrogens is 506 g/mol. The third kappa shape index (κ3) is 5.46. The van der Waals surface area contributed by atoms with Gasteiger partial charge in [0.2, 0.25) is 0 Å². The molecule has 4 aromatic carbocycles. The Balaban J connectivity index is 0.00000204. The molecule has 0 bridgehead atoms. The van der Waals surface area contributed by atoms with Crippen LogP contribution in [0.3, 0.4) is 0 Å². The van der Waals surface area contributed by atoms with Crippen molar-refractivity contribution in [1.29, 1.82) is 0 Å². The van der Waals surface area contributed by atoms with Gasteiger partial charge in [0.05, 0.1) is 11.4 Å². The van der Waals surface area contributed by atoms with E-state index in [1.165, 1.54) is 48.5 Å². The third-order valence-corrected chi connectivity index (χ3v) is 6.51. The number of benzene rings is 4. The maximum absolute atomic E-state index is 12.7. The average Bonchev–Trinajstić information content (AvgIpc) is 2.72. The summed E-state index contributed by atoms with van der Waals surface area (Å²) >= 11 is 0. The van der Waals surface area contributed by atoms with Crippen LogP contribution in [0.1, 0.15) is 0 Å². The van der Waals surface area contributed by atoms with Crippen LogP contribution in [0.15, 0.2) is 80.7 Å². The SMILES string of the molecule is O=S(=O)(O)c1cccc2c([O-])c(N=Nc3c([O-])cc(S(=O)(=O)O)c4ccccc34)ccc12.[Na+].[Na+]. The standard InChI is InChI=1S/C20H14N2O8S2.2Na/c23-16-10-18(32(28,29)30)11-4-1-2-5-13(11)19(16)22-21-15-9-8-12-14(20(15)24)6-3-7-17(12)31(25,26)27;;/h1-10,23-24H,(H,25,26,27)(H,28,29,30);;/q;2*+1/p-2. The van der Waals surface area contributed by atoms with Gasteiger partial charge >= 0.3 is 59.1 Å². The van der Waals surface area contributed by atoms with E-state index in [0.717, 1.165) is 6.07 Å². The van der Waals surface area contributed by atoms with E-state index in [4.69, 9.17) is 0 Å². The van der Waals surface area contributed by atoms with Crippen LogP contribution >= 0.6 is 0 Å². The van der Waals surface area contributed by atoms with Crippen molar-refractivity contribution in [3.63, 3.8) is 0 Å². The molecule has 0 aliphatic rings. The van der Waals surface area contributed by atoms with Crippen molar-refractivity contribution in [2.24, 2.45) is 10.2 Å². The van der Waals surface area contributed by atoms with E-state index in [2.05, 4.69) is 10.2 Å². The molecule has 0 saturated heterocycles. The Kier molecular flexibility index (Phi) is 8.92. The summed E-state index contributed by atoms with van der Waals surface area (Å²) in [5.74, 6) is -1.54. The molecule has 0 fully saturated rings. The van der Waals surface area contributed by atoms with Gasteiger partial charge in [0.25, 0.3) is 20.2 Å². The molecule has 0 heterocycles. The predicted molar refractivity (Wildman–Crippen MR) is 111 cm³/mol. The van der Waals surface area contributed by atoms with Crippen LogP contribution in [0.25, 0.3) is 21.5 Å². The zero-order valence-corrected chi connectivity index (χ0v) is 23.5. The largest absolute Gasteiger partial charge is 1.00 e. The zero-order chi connectivity index (χ0) is 23.3. The molecule has 4 rings (SSSR count). The van der Waals surface area contributed by atoms with E-state index in [1.54, 1.807) is 0 Å². The molecule has 14 heteroatoms. The molecule has 0 amide bonds. The second-order valence-corrected chi connectivity index (χ2v) is 9.46. The summed E-state index contributed by atoms with van der Waals surface area (Å²) in [4.78, 5) is -1.02. The summed E-state index contributed by atoms with van der Waals surface area (Å²) in [6.07, 6.45) is 0. The van der Waals surface area contributed by atoms with Crippen LogP contribution < -0.4 is 69.3 Å². The molecule has 0 unspecified atom stereocenters. The van der Waals surface area contributed by atoms with Gasteiger partial charge in [0, 0.05) is 16.2 Å². The molecule has 0 aliphatic carbocycles.